The summed E-state index contributed by atoms with van der Waals surface area (Å²) in [6.45, 7) is 3.50. The number of rotatable bonds is 6. The Morgan fingerprint density at radius 1 is 1.03 bits per heavy atom. The maximum absolute atomic E-state index is 12.6. The van der Waals surface area contributed by atoms with E-state index in [-0.39, 0.29) is 16.0 Å². The van der Waals surface area contributed by atoms with Gasteiger partial charge in [-0.05, 0) is 74.1 Å². The molecule has 2 aromatic carbocycles. The van der Waals surface area contributed by atoms with Crippen LogP contribution in [-0.2, 0) is 14.8 Å². The van der Waals surface area contributed by atoms with Crippen LogP contribution in [0.25, 0.3) is 6.08 Å². The molecule has 33 heavy (non-hydrogen) atoms. The van der Waals surface area contributed by atoms with Crippen molar-refractivity contribution < 1.29 is 13.2 Å². The van der Waals surface area contributed by atoms with Crippen molar-refractivity contribution in [1.29, 1.82) is 0 Å². The Labute approximate surface area is 202 Å². The fourth-order valence-corrected chi connectivity index (χ4v) is 4.12. The van der Waals surface area contributed by atoms with Crippen LogP contribution in [0.2, 0.25) is 5.02 Å². The first-order valence-electron chi connectivity index (χ1n) is 9.62. The normalized spacial score (nSPS) is 11.2. The minimum atomic E-state index is -3.87. The second-order valence-electron chi connectivity index (χ2n) is 6.90. The van der Waals surface area contributed by atoms with E-state index >= 15 is 0 Å². The number of carbonyl (C=O) groups excluding carboxylic acids is 1. The maximum Gasteiger partial charge on any atom is 0.264 e. The fraction of sp³-hybridized carbons (Fsp3) is 0.0909. The Bertz CT molecular complexity index is 1310. The number of hydrogen-bond acceptors (Lipinski definition) is 6. The number of halogens is 1. The van der Waals surface area contributed by atoms with Gasteiger partial charge in [0.1, 0.15) is 0 Å². The van der Waals surface area contributed by atoms with Crippen LogP contribution in [0, 0.1) is 13.8 Å². The van der Waals surface area contributed by atoms with Crippen LogP contribution in [0.1, 0.15) is 17.0 Å². The van der Waals surface area contributed by atoms with E-state index in [1.807, 2.05) is 6.07 Å². The van der Waals surface area contributed by atoms with Gasteiger partial charge in [0.2, 0.25) is 11.9 Å². The minimum Gasteiger partial charge on any atom is -0.332 e. The Hall–Kier alpha value is -3.34. The van der Waals surface area contributed by atoms with Crippen molar-refractivity contribution in [3.05, 3.63) is 82.6 Å². The summed E-state index contributed by atoms with van der Waals surface area (Å²) in [5, 5.41) is 5.92. The molecule has 0 bridgehead atoms. The van der Waals surface area contributed by atoms with Crippen molar-refractivity contribution >= 4 is 62.6 Å². The Kier molecular flexibility index (Phi) is 7.75. The molecular formula is C22H20ClN5O3S2. The maximum atomic E-state index is 12.6. The number of amides is 1. The zero-order valence-electron chi connectivity index (χ0n) is 17.7. The molecule has 3 N–H and O–H groups in total. The molecule has 3 aromatic rings. The zero-order chi connectivity index (χ0) is 24.0. The van der Waals surface area contributed by atoms with E-state index in [1.165, 1.54) is 30.3 Å². The summed E-state index contributed by atoms with van der Waals surface area (Å²) in [5.74, 6) is -0.437. The summed E-state index contributed by atoms with van der Waals surface area (Å²) in [5.41, 5.74) is 2.50. The monoisotopic (exact) mass is 501 g/mol. The molecule has 0 aliphatic carbocycles. The Balaban J connectivity index is 1.59. The van der Waals surface area contributed by atoms with Crippen molar-refractivity contribution in [1.82, 2.24) is 15.3 Å². The molecule has 0 spiro atoms. The second kappa shape index (κ2) is 10.5. The zero-order valence-corrected chi connectivity index (χ0v) is 20.1. The van der Waals surface area contributed by atoms with Gasteiger partial charge in [-0.3, -0.25) is 10.1 Å². The molecule has 0 radical (unpaired) electrons. The van der Waals surface area contributed by atoms with Crippen LogP contribution in [0.15, 0.2) is 65.6 Å². The smallest absolute Gasteiger partial charge is 0.264 e. The van der Waals surface area contributed by atoms with E-state index in [0.717, 1.165) is 0 Å². The van der Waals surface area contributed by atoms with Gasteiger partial charge in [0, 0.05) is 28.2 Å². The second-order valence-corrected chi connectivity index (χ2v) is 9.40. The van der Waals surface area contributed by atoms with Gasteiger partial charge in [-0.1, -0.05) is 29.8 Å². The summed E-state index contributed by atoms with van der Waals surface area (Å²) in [7, 11) is -3.87. The number of thiocarbonyl (C=S) groups is 1. The number of nitrogens with one attached hydrogen (secondary N) is 3. The summed E-state index contributed by atoms with van der Waals surface area (Å²) in [6.07, 6.45) is 2.89. The highest BCUT2D eigenvalue weighted by molar-refractivity contribution is 7.92. The topological polar surface area (TPSA) is 113 Å². The molecule has 11 heteroatoms. The van der Waals surface area contributed by atoms with Crippen LogP contribution >= 0.6 is 23.8 Å². The number of nitrogens with zero attached hydrogens (tertiary/aromatic N) is 2. The van der Waals surface area contributed by atoms with Gasteiger partial charge in [-0.2, -0.15) is 0 Å². The largest absolute Gasteiger partial charge is 0.332 e. The average Bonchev–Trinajstić information content (AvgIpc) is 2.72. The molecule has 8 nitrogen and oxygen atoms in total. The van der Waals surface area contributed by atoms with Gasteiger partial charge >= 0.3 is 0 Å². The summed E-state index contributed by atoms with van der Waals surface area (Å²) < 4.78 is 27.6. The molecule has 0 fully saturated rings. The van der Waals surface area contributed by atoms with Crippen molar-refractivity contribution in [3.8, 4) is 0 Å². The van der Waals surface area contributed by atoms with Crippen LogP contribution in [0.5, 0.6) is 0 Å². The van der Waals surface area contributed by atoms with Crippen molar-refractivity contribution in [2.75, 3.05) is 10.0 Å². The molecule has 0 unspecified atom stereocenters. The molecule has 1 heterocycles. The molecule has 0 aliphatic rings. The standard InChI is InChI=1S/C22H20ClN5O3S2/c1-14-13-15(2)25-21(24-14)28-33(30,31)18-10-8-17(9-11-18)26-22(32)27-20(29)12-7-16-5-3-4-6-19(16)23/h3-13H,1-2H3,(H,24,25,28)(H2,26,27,29,32)/b12-7+. The van der Waals surface area contributed by atoms with E-state index in [2.05, 4.69) is 25.3 Å². The molecule has 3 rings (SSSR count). The van der Waals surface area contributed by atoms with Crippen LogP contribution in [0.4, 0.5) is 11.6 Å². The average molecular weight is 502 g/mol. The van der Waals surface area contributed by atoms with Gasteiger partial charge in [0.25, 0.3) is 10.0 Å². The van der Waals surface area contributed by atoms with Crippen molar-refractivity contribution in [2.45, 2.75) is 18.7 Å². The number of aryl methyl sites for hydroxylation is 2. The number of benzene rings is 2. The minimum absolute atomic E-state index is 0.00318. The van der Waals surface area contributed by atoms with Gasteiger partial charge in [0.05, 0.1) is 4.90 Å². The molecular weight excluding hydrogens is 482 g/mol. The third kappa shape index (κ3) is 7.07. The lowest BCUT2D eigenvalue weighted by Gasteiger charge is -2.10. The fourth-order valence-electron chi connectivity index (χ4n) is 2.76. The lowest BCUT2D eigenvalue weighted by atomic mass is 10.2. The molecule has 0 aliphatic heterocycles. The number of anilines is 2. The molecule has 0 saturated carbocycles. The number of aromatic nitrogens is 2. The summed E-state index contributed by atoms with van der Waals surface area (Å²) >= 11 is 11.2. The van der Waals surface area contributed by atoms with Gasteiger partial charge in [-0.15, -0.1) is 0 Å². The van der Waals surface area contributed by atoms with E-state index in [1.54, 1.807) is 44.2 Å². The third-order valence-corrected chi connectivity index (χ3v) is 6.08. The van der Waals surface area contributed by atoms with Crippen LogP contribution in [0.3, 0.4) is 0 Å². The molecule has 170 valence electrons. The van der Waals surface area contributed by atoms with E-state index < -0.39 is 15.9 Å². The molecule has 0 saturated heterocycles. The first-order chi connectivity index (χ1) is 15.6. The van der Waals surface area contributed by atoms with Crippen molar-refractivity contribution in [3.63, 3.8) is 0 Å². The van der Waals surface area contributed by atoms with E-state index in [0.29, 0.717) is 27.7 Å². The predicted octanol–water partition coefficient (Wildman–Crippen LogP) is 4.07. The van der Waals surface area contributed by atoms with Crippen LogP contribution < -0.4 is 15.4 Å². The van der Waals surface area contributed by atoms with Gasteiger partial charge < -0.3 is 5.32 Å². The SMILES string of the molecule is Cc1cc(C)nc(NS(=O)(=O)c2ccc(NC(=S)NC(=O)/C=C/c3ccccc3Cl)cc2)n1. The highest BCUT2D eigenvalue weighted by atomic mass is 35.5. The van der Waals surface area contributed by atoms with E-state index in [4.69, 9.17) is 23.8 Å². The van der Waals surface area contributed by atoms with Crippen molar-refractivity contribution in [2.24, 2.45) is 0 Å². The van der Waals surface area contributed by atoms with Gasteiger partial charge in [-0.25, -0.2) is 23.1 Å². The van der Waals surface area contributed by atoms with Crippen LogP contribution in [-0.4, -0.2) is 29.4 Å². The quantitative estimate of drug-likeness (QED) is 0.344. The number of sulfonamides is 1. The lowest BCUT2D eigenvalue weighted by molar-refractivity contribution is -0.115. The van der Waals surface area contributed by atoms with Gasteiger partial charge in [0.15, 0.2) is 5.11 Å². The summed E-state index contributed by atoms with van der Waals surface area (Å²) in [6, 6.07) is 14.7. The number of carbonyl (C=O) groups is 1. The van der Waals surface area contributed by atoms with E-state index in [9.17, 15) is 13.2 Å². The predicted molar refractivity (Wildman–Crippen MR) is 134 cm³/mol. The molecule has 0 atom stereocenters. The molecule has 1 amide bonds. The first-order valence-corrected chi connectivity index (χ1v) is 11.9. The third-order valence-electron chi connectivity index (χ3n) is 4.19. The summed E-state index contributed by atoms with van der Waals surface area (Å²) in [4.78, 5) is 20.3. The highest BCUT2D eigenvalue weighted by Crippen LogP contribution is 2.18. The Morgan fingerprint density at radius 2 is 1.67 bits per heavy atom. The molecule has 1 aromatic heterocycles. The first kappa shape index (κ1) is 24.3. The lowest BCUT2D eigenvalue weighted by Crippen LogP contribution is -2.32. The number of hydrogen-bond donors (Lipinski definition) is 3. The Morgan fingerprint density at radius 3 is 2.30 bits per heavy atom. The highest BCUT2D eigenvalue weighted by Gasteiger charge is 2.16.